The van der Waals surface area contributed by atoms with E-state index >= 15 is 0 Å². The monoisotopic (exact) mass is 222 g/mol. The maximum absolute atomic E-state index is 10.8. The van der Waals surface area contributed by atoms with Crippen LogP contribution < -0.4 is 4.74 Å². The Morgan fingerprint density at radius 1 is 1.38 bits per heavy atom. The first-order chi connectivity index (χ1) is 7.58. The number of hydrogen-bond acceptors (Lipinski definition) is 3. The molecule has 0 amide bonds. The average molecular weight is 222 g/mol. The van der Waals surface area contributed by atoms with Gasteiger partial charge in [0, 0.05) is 0 Å². The second kappa shape index (κ2) is 4.14. The van der Waals surface area contributed by atoms with Gasteiger partial charge in [0.05, 0.1) is 18.8 Å². The molecule has 1 heterocycles. The second-order valence-electron chi connectivity index (χ2n) is 4.02. The highest BCUT2D eigenvalue weighted by Crippen LogP contribution is 2.27. The van der Waals surface area contributed by atoms with Crippen molar-refractivity contribution in [3.05, 3.63) is 28.8 Å². The molecule has 4 heteroatoms. The summed E-state index contributed by atoms with van der Waals surface area (Å²) in [4.78, 5) is 10.8. The first-order valence-corrected chi connectivity index (χ1v) is 5.17. The maximum atomic E-state index is 10.8. The molecule has 1 aliphatic heterocycles. The Morgan fingerprint density at radius 2 is 1.94 bits per heavy atom. The Labute approximate surface area is 93.8 Å². The van der Waals surface area contributed by atoms with E-state index < -0.39 is 5.97 Å². The lowest BCUT2D eigenvalue weighted by Crippen LogP contribution is -2.38. The van der Waals surface area contributed by atoms with Crippen LogP contribution in [0.1, 0.15) is 21.5 Å². The van der Waals surface area contributed by atoms with Crippen LogP contribution in [-0.2, 0) is 4.74 Å². The molecule has 0 atom stereocenters. The molecule has 2 rings (SSSR count). The fourth-order valence-corrected chi connectivity index (χ4v) is 1.71. The van der Waals surface area contributed by atoms with Gasteiger partial charge in [0.25, 0.3) is 0 Å². The van der Waals surface area contributed by atoms with Crippen LogP contribution in [0.3, 0.4) is 0 Å². The number of carboxylic acids is 1. The summed E-state index contributed by atoms with van der Waals surface area (Å²) in [5.74, 6) is -0.136. The maximum Gasteiger partial charge on any atom is 0.335 e. The van der Waals surface area contributed by atoms with E-state index in [1.54, 1.807) is 12.1 Å². The normalized spacial score (nSPS) is 15.6. The molecule has 0 radical (unpaired) electrons. The molecule has 0 unspecified atom stereocenters. The largest absolute Gasteiger partial charge is 0.485 e. The number of aromatic carboxylic acids is 1. The Hall–Kier alpha value is -1.55. The summed E-state index contributed by atoms with van der Waals surface area (Å²) in [6.07, 6.45) is 0.105. The zero-order chi connectivity index (χ0) is 11.7. The molecule has 1 saturated heterocycles. The summed E-state index contributed by atoms with van der Waals surface area (Å²) in [6.45, 7) is 4.93. The lowest BCUT2D eigenvalue weighted by atomic mass is 10.1. The van der Waals surface area contributed by atoms with Crippen molar-refractivity contribution >= 4 is 5.97 Å². The summed E-state index contributed by atoms with van der Waals surface area (Å²) in [5, 5.41) is 8.90. The number of carboxylic acid groups (broad SMARTS) is 1. The summed E-state index contributed by atoms with van der Waals surface area (Å²) in [6, 6.07) is 3.26. The highest BCUT2D eigenvalue weighted by Gasteiger charge is 2.22. The van der Waals surface area contributed by atoms with E-state index in [4.69, 9.17) is 14.6 Å². The zero-order valence-corrected chi connectivity index (χ0v) is 9.32. The van der Waals surface area contributed by atoms with Crippen LogP contribution in [-0.4, -0.2) is 30.4 Å². The van der Waals surface area contributed by atoms with Gasteiger partial charge < -0.3 is 14.6 Å². The first-order valence-electron chi connectivity index (χ1n) is 5.17. The summed E-state index contributed by atoms with van der Waals surface area (Å²) in [5.41, 5.74) is 2.00. The van der Waals surface area contributed by atoms with E-state index in [1.165, 1.54) is 0 Å². The van der Waals surface area contributed by atoms with E-state index in [9.17, 15) is 4.79 Å². The molecule has 0 saturated carbocycles. The minimum absolute atomic E-state index is 0.105. The van der Waals surface area contributed by atoms with Gasteiger partial charge in [0.15, 0.2) is 0 Å². The average Bonchev–Trinajstić information content (AvgIpc) is 2.13. The minimum Gasteiger partial charge on any atom is -0.485 e. The highest BCUT2D eigenvalue weighted by molar-refractivity contribution is 5.88. The van der Waals surface area contributed by atoms with Gasteiger partial charge in [0.2, 0.25) is 0 Å². The number of aryl methyl sites for hydroxylation is 2. The Bertz CT molecular complexity index is 398. The van der Waals surface area contributed by atoms with Crippen LogP contribution in [0.15, 0.2) is 12.1 Å². The molecule has 4 nitrogen and oxygen atoms in total. The third-order valence-corrected chi connectivity index (χ3v) is 2.60. The second-order valence-corrected chi connectivity index (χ2v) is 4.02. The highest BCUT2D eigenvalue weighted by atomic mass is 16.6. The van der Waals surface area contributed by atoms with E-state index in [0.29, 0.717) is 18.8 Å². The molecule has 1 aromatic rings. The van der Waals surface area contributed by atoms with Gasteiger partial charge >= 0.3 is 5.97 Å². The molecule has 1 aromatic carbocycles. The quantitative estimate of drug-likeness (QED) is 0.846. The molecule has 86 valence electrons. The molecule has 1 fully saturated rings. The van der Waals surface area contributed by atoms with Crippen molar-refractivity contribution in [1.82, 2.24) is 0 Å². The SMILES string of the molecule is Cc1cc(C(=O)O)cc(C)c1OC1COC1. The van der Waals surface area contributed by atoms with Crippen LogP contribution in [0.2, 0.25) is 0 Å². The van der Waals surface area contributed by atoms with Gasteiger partial charge in [-0.1, -0.05) is 0 Å². The first kappa shape index (κ1) is 11.0. The zero-order valence-electron chi connectivity index (χ0n) is 9.32. The van der Waals surface area contributed by atoms with E-state index in [2.05, 4.69) is 0 Å². The summed E-state index contributed by atoms with van der Waals surface area (Å²) in [7, 11) is 0. The third-order valence-electron chi connectivity index (χ3n) is 2.60. The van der Waals surface area contributed by atoms with Gasteiger partial charge in [-0.05, 0) is 37.1 Å². The molecule has 1 N–H and O–H groups in total. The van der Waals surface area contributed by atoms with Crippen molar-refractivity contribution in [1.29, 1.82) is 0 Å². The van der Waals surface area contributed by atoms with Gasteiger partial charge in [-0.15, -0.1) is 0 Å². The van der Waals surface area contributed by atoms with Gasteiger partial charge in [0.1, 0.15) is 11.9 Å². The minimum atomic E-state index is -0.912. The van der Waals surface area contributed by atoms with Crippen molar-refractivity contribution in [3.8, 4) is 5.75 Å². The summed E-state index contributed by atoms with van der Waals surface area (Å²) < 4.78 is 10.8. The number of hydrogen-bond donors (Lipinski definition) is 1. The van der Waals surface area contributed by atoms with Crippen LogP contribution in [0.25, 0.3) is 0 Å². The van der Waals surface area contributed by atoms with E-state index in [-0.39, 0.29) is 6.10 Å². The Kier molecular flexibility index (Phi) is 2.83. The Balaban J connectivity index is 2.27. The van der Waals surface area contributed by atoms with Crippen molar-refractivity contribution in [2.75, 3.05) is 13.2 Å². The van der Waals surface area contributed by atoms with E-state index in [0.717, 1.165) is 16.9 Å². The van der Waals surface area contributed by atoms with Crippen LogP contribution in [0.5, 0.6) is 5.75 Å². The fraction of sp³-hybridized carbons (Fsp3) is 0.417. The number of benzene rings is 1. The van der Waals surface area contributed by atoms with Crippen LogP contribution in [0, 0.1) is 13.8 Å². The number of carbonyl (C=O) groups is 1. The molecule has 0 spiro atoms. The fourth-order valence-electron chi connectivity index (χ4n) is 1.71. The molecule has 0 bridgehead atoms. The number of rotatable bonds is 3. The van der Waals surface area contributed by atoms with E-state index in [1.807, 2.05) is 13.8 Å². The summed E-state index contributed by atoms with van der Waals surface area (Å²) >= 11 is 0. The van der Waals surface area contributed by atoms with Gasteiger partial charge in [-0.25, -0.2) is 4.79 Å². The predicted molar refractivity (Wildman–Crippen MR) is 58.1 cm³/mol. The lowest BCUT2D eigenvalue weighted by molar-refractivity contribution is -0.0801. The smallest absolute Gasteiger partial charge is 0.335 e. The van der Waals surface area contributed by atoms with Crippen molar-refractivity contribution in [3.63, 3.8) is 0 Å². The molecule has 0 aliphatic carbocycles. The molecule has 1 aliphatic rings. The van der Waals surface area contributed by atoms with Crippen LogP contribution >= 0.6 is 0 Å². The van der Waals surface area contributed by atoms with Crippen molar-refractivity contribution in [2.24, 2.45) is 0 Å². The topological polar surface area (TPSA) is 55.8 Å². The van der Waals surface area contributed by atoms with Crippen molar-refractivity contribution in [2.45, 2.75) is 20.0 Å². The van der Waals surface area contributed by atoms with Gasteiger partial charge in [-0.2, -0.15) is 0 Å². The van der Waals surface area contributed by atoms with Crippen molar-refractivity contribution < 1.29 is 19.4 Å². The predicted octanol–water partition coefficient (Wildman–Crippen LogP) is 1.78. The lowest BCUT2D eigenvalue weighted by Gasteiger charge is -2.28. The molecular weight excluding hydrogens is 208 g/mol. The Morgan fingerprint density at radius 3 is 2.31 bits per heavy atom. The molecule has 16 heavy (non-hydrogen) atoms. The standard InChI is InChI=1S/C12H14O4/c1-7-3-9(12(13)14)4-8(2)11(7)16-10-5-15-6-10/h3-4,10H,5-6H2,1-2H3,(H,13,14). The van der Waals surface area contributed by atoms with Gasteiger partial charge in [-0.3, -0.25) is 0 Å². The number of ether oxygens (including phenoxy) is 2. The molecular formula is C12H14O4. The van der Waals surface area contributed by atoms with Crippen LogP contribution in [0.4, 0.5) is 0 Å². The third kappa shape index (κ3) is 2.02. The molecule has 0 aromatic heterocycles.